The molecule has 0 aromatic heterocycles. The van der Waals surface area contributed by atoms with Gasteiger partial charge in [-0.15, -0.1) is 0 Å². The second-order valence-corrected chi connectivity index (χ2v) is 9.63. The van der Waals surface area contributed by atoms with E-state index in [1.165, 1.54) is 4.31 Å². The van der Waals surface area contributed by atoms with Crippen LogP contribution in [0.1, 0.15) is 40.9 Å². The van der Waals surface area contributed by atoms with Gasteiger partial charge in [0, 0.05) is 10.6 Å². The number of carbonyl (C=O) groups excluding carboxylic acids is 1. The van der Waals surface area contributed by atoms with E-state index in [9.17, 15) is 13.2 Å². The highest BCUT2D eigenvalue weighted by atomic mass is 35.5. The lowest BCUT2D eigenvalue weighted by Crippen LogP contribution is -2.29. The Morgan fingerprint density at radius 2 is 1.68 bits per heavy atom. The first kappa shape index (κ1) is 22.8. The molecule has 0 aliphatic heterocycles. The second-order valence-electron chi connectivity index (χ2n) is 7.29. The van der Waals surface area contributed by atoms with Crippen molar-refractivity contribution in [3.63, 3.8) is 0 Å². The van der Waals surface area contributed by atoms with E-state index in [1.54, 1.807) is 48.5 Å². The Labute approximate surface area is 188 Å². The summed E-state index contributed by atoms with van der Waals surface area (Å²) < 4.78 is 25.9. The van der Waals surface area contributed by atoms with E-state index < -0.39 is 10.0 Å². The molecular weight excluding hydrogens is 432 g/mol. The van der Waals surface area contributed by atoms with Crippen LogP contribution in [0.5, 0.6) is 0 Å². The number of sulfonamides is 1. The fraction of sp³-hybridized carbons (Fsp3) is 0.208. The average molecular weight is 457 g/mol. The molecule has 31 heavy (non-hydrogen) atoms. The molecule has 0 unspecified atom stereocenters. The molecule has 0 aliphatic rings. The summed E-state index contributed by atoms with van der Waals surface area (Å²) in [7, 11) is -3.51. The zero-order valence-electron chi connectivity index (χ0n) is 17.5. The van der Waals surface area contributed by atoms with Crippen LogP contribution in [0, 0.1) is 0 Å². The van der Waals surface area contributed by atoms with E-state index in [0.29, 0.717) is 16.3 Å². The number of nitrogens with one attached hydrogen (secondary N) is 1. The van der Waals surface area contributed by atoms with Crippen LogP contribution in [0.2, 0.25) is 5.02 Å². The summed E-state index contributed by atoms with van der Waals surface area (Å²) in [4.78, 5) is 12.7. The molecule has 0 saturated heterocycles. The fourth-order valence-corrected chi connectivity index (χ4v) is 4.37. The highest BCUT2D eigenvalue weighted by Gasteiger charge is 2.19. The smallest absolute Gasteiger partial charge is 0.251 e. The number of anilines is 1. The van der Waals surface area contributed by atoms with Crippen molar-refractivity contribution in [2.24, 2.45) is 0 Å². The van der Waals surface area contributed by atoms with Crippen molar-refractivity contribution in [3.05, 3.63) is 101 Å². The van der Waals surface area contributed by atoms with Crippen LogP contribution in [-0.2, 0) is 16.6 Å². The summed E-state index contributed by atoms with van der Waals surface area (Å²) in [5.74, 6) is -0.169. The third kappa shape index (κ3) is 6.09. The van der Waals surface area contributed by atoms with Crippen LogP contribution in [0.4, 0.5) is 5.69 Å². The summed E-state index contributed by atoms with van der Waals surface area (Å²) in [6.07, 6.45) is 1.93. The molecule has 0 fully saturated rings. The lowest BCUT2D eigenvalue weighted by molar-refractivity contribution is 0.0935. The van der Waals surface area contributed by atoms with Crippen LogP contribution in [0.15, 0.2) is 78.9 Å². The standard InChI is InChI=1S/C24H25ClN2O3S/c1-3-23(19-8-5-4-6-9-19)26-24(28)20-14-12-18(13-15-20)17-27(31(2,29)30)22-11-7-10-21(25)16-22/h4-16,23H,3,17H2,1-2H3,(H,26,28)/t23-/m0/s1. The summed E-state index contributed by atoms with van der Waals surface area (Å²) in [5.41, 5.74) is 2.83. The second kappa shape index (κ2) is 9.98. The van der Waals surface area contributed by atoms with Crippen LogP contribution in [-0.4, -0.2) is 20.6 Å². The SMILES string of the molecule is CC[C@H](NC(=O)c1ccc(CN(c2cccc(Cl)c2)S(C)(=O)=O)cc1)c1ccccc1. The maximum atomic E-state index is 12.7. The first-order valence-corrected chi connectivity index (χ1v) is 12.2. The van der Waals surface area contributed by atoms with Gasteiger partial charge < -0.3 is 5.32 Å². The minimum Gasteiger partial charge on any atom is -0.345 e. The molecule has 3 aromatic carbocycles. The molecule has 0 spiro atoms. The number of nitrogens with zero attached hydrogens (tertiary/aromatic N) is 1. The molecule has 5 nitrogen and oxygen atoms in total. The van der Waals surface area contributed by atoms with E-state index in [0.717, 1.165) is 23.8 Å². The Balaban J connectivity index is 1.75. The predicted molar refractivity (Wildman–Crippen MR) is 126 cm³/mol. The maximum Gasteiger partial charge on any atom is 0.251 e. The molecule has 162 valence electrons. The monoisotopic (exact) mass is 456 g/mol. The van der Waals surface area contributed by atoms with Gasteiger partial charge in [-0.25, -0.2) is 8.42 Å². The van der Waals surface area contributed by atoms with Crippen molar-refractivity contribution < 1.29 is 13.2 Å². The summed E-state index contributed by atoms with van der Waals surface area (Å²) in [6.45, 7) is 2.17. The van der Waals surface area contributed by atoms with Gasteiger partial charge in [0.05, 0.1) is 24.5 Å². The first-order chi connectivity index (χ1) is 14.8. The maximum absolute atomic E-state index is 12.7. The zero-order chi connectivity index (χ0) is 22.4. The molecule has 0 saturated carbocycles. The van der Waals surface area contributed by atoms with Crippen molar-refractivity contribution in [2.75, 3.05) is 10.6 Å². The molecule has 0 radical (unpaired) electrons. The average Bonchev–Trinajstić information content (AvgIpc) is 2.76. The number of rotatable bonds is 8. The quantitative estimate of drug-likeness (QED) is 0.507. The lowest BCUT2D eigenvalue weighted by atomic mass is 10.0. The molecule has 3 aromatic rings. The molecule has 3 rings (SSSR count). The van der Waals surface area contributed by atoms with Crippen LogP contribution in [0.3, 0.4) is 0 Å². The van der Waals surface area contributed by atoms with Gasteiger partial charge >= 0.3 is 0 Å². The van der Waals surface area contributed by atoms with Crippen LogP contribution < -0.4 is 9.62 Å². The van der Waals surface area contributed by atoms with Gasteiger partial charge in [-0.2, -0.15) is 0 Å². The normalized spacial score (nSPS) is 12.2. The topological polar surface area (TPSA) is 66.5 Å². The fourth-order valence-electron chi connectivity index (χ4n) is 3.31. The summed E-state index contributed by atoms with van der Waals surface area (Å²) in [6, 6.07) is 23.4. The van der Waals surface area contributed by atoms with Crippen molar-refractivity contribution in [2.45, 2.75) is 25.9 Å². The van der Waals surface area contributed by atoms with Crippen molar-refractivity contribution in [1.82, 2.24) is 5.32 Å². The van der Waals surface area contributed by atoms with Crippen LogP contribution in [0.25, 0.3) is 0 Å². The molecule has 0 heterocycles. The largest absolute Gasteiger partial charge is 0.345 e. The first-order valence-electron chi connectivity index (χ1n) is 9.96. The van der Waals surface area contributed by atoms with Crippen molar-refractivity contribution in [3.8, 4) is 0 Å². The van der Waals surface area contributed by atoms with Gasteiger partial charge in [-0.05, 0) is 47.9 Å². The number of benzene rings is 3. The van der Waals surface area contributed by atoms with E-state index >= 15 is 0 Å². The van der Waals surface area contributed by atoms with E-state index in [-0.39, 0.29) is 18.5 Å². The number of amides is 1. The van der Waals surface area contributed by atoms with Gasteiger partial charge in [-0.3, -0.25) is 9.10 Å². The van der Waals surface area contributed by atoms with Crippen molar-refractivity contribution >= 4 is 33.2 Å². The Kier molecular flexibility index (Phi) is 7.36. The third-order valence-corrected chi connectivity index (χ3v) is 6.33. The lowest BCUT2D eigenvalue weighted by Gasteiger charge is -2.23. The molecular formula is C24H25ClN2O3S. The minimum absolute atomic E-state index is 0.0723. The zero-order valence-corrected chi connectivity index (χ0v) is 19.0. The van der Waals surface area contributed by atoms with Crippen molar-refractivity contribution in [1.29, 1.82) is 0 Å². The Bertz CT molecular complexity index is 1130. The van der Waals surface area contributed by atoms with E-state index in [1.807, 2.05) is 37.3 Å². The van der Waals surface area contributed by atoms with Crippen LogP contribution >= 0.6 is 11.6 Å². The van der Waals surface area contributed by atoms with Gasteiger partial charge in [-0.1, -0.05) is 67.1 Å². The number of carbonyl (C=O) groups is 1. The summed E-state index contributed by atoms with van der Waals surface area (Å²) in [5, 5.41) is 3.52. The predicted octanol–water partition coefficient (Wildman–Crippen LogP) is 5.19. The number of halogens is 1. The van der Waals surface area contributed by atoms with Gasteiger partial charge in [0.25, 0.3) is 5.91 Å². The van der Waals surface area contributed by atoms with Gasteiger partial charge in [0.1, 0.15) is 0 Å². The summed E-state index contributed by atoms with van der Waals surface area (Å²) >= 11 is 6.03. The Morgan fingerprint density at radius 1 is 1.00 bits per heavy atom. The van der Waals surface area contributed by atoms with E-state index in [2.05, 4.69) is 5.32 Å². The molecule has 1 amide bonds. The molecule has 1 atom stereocenters. The third-order valence-electron chi connectivity index (χ3n) is 4.95. The molecule has 7 heteroatoms. The van der Waals surface area contributed by atoms with Gasteiger partial charge in [0.15, 0.2) is 0 Å². The minimum atomic E-state index is -3.51. The Hall–Kier alpha value is -2.83. The number of hydrogen-bond acceptors (Lipinski definition) is 3. The van der Waals surface area contributed by atoms with E-state index in [4.69, 9.17) is 11.6 Å². The number of hydrogen-bond donors (Lipinski definition) is 1. The highest BCUT2D eigenvalue weighted by molar-refractivity contribution is 7.92. The molecule has 1 N–H and O–H groups in total. The Morgan fingerprint density at radius 3 is 2.26 bits per heavy atom. The molecule has 0 bridgehead atoms. The molecule has 0 aliphatic carbocycles. The van der Waals surface area contributed by atoms with Gasteiger partial charge in [0.2, 0.25) is 10.0 Å². The highest BCUT2D eigenvalue weighted by Crippen LogP contribution is 2.24.